The summed E-state index contributed by atoms with van der Waals surface area (Å²) in [6.07, 6.45) is 0. The summed E-state index contributed by atoms with van der Waals surface area (Å²) in [7, 11) is 0. The minimum Gasteiger partial charge on any atom is -0.378 e. The van der Waals surface area contributed by atoms with Crippen molar-refractivity contribution in [3.8, 4) is 17.2 Å². The Balaban J connectivity index is 1.67. The number of hydrogen-bond donors (Lipinski definition) is 1. The van der Waals surface area contributed by atoms with Crippen molar-refractivity contribution < 1.29 is 4.74 Å². The Bertz CT molecular complexity index is 968. The lowest BCUT2D eigenvalue weighted by molar-refractivity contribution is 0.122. The maximum absolute atomic E-state index is 12.1. The van der Waals surface area contributed by atoms with E-state index in [1.54, 1.807) is 4.68 Å². The zero-order valence-electron chi connectivity index (χ0n) is 14.9. The van der Waals surface area contributed by atoms with Crippen LogP contribution in [0.2, 0.25) is 0 Å². The van der Waals surface area contributed by atoms with E-state index in [0.29, 0.717) is 11.6 Å². The molecule has 1 aliphatic rings. The Kier molecular flexibility index (Phi) is 4.30. The third-order valence-electron chi connectivity index (χ3n) is 4.48. The molecule has 3 heterocycles. The molecular weight excluding hydrogens is 330 g/mol. The lowest BCUT2D eigenvalue weighted by Gasteiger charge is -2.28. The summed E-state index contributed by atoms with van der Waals surface area (Å²) < 4.78 is 7.05. The van der Waals surface area contributed by atoms with Crippen molar-refractivity contribution in [2.24, 2.45) is 0 Å². The van der Waals surface area contributed by atoms with E-state index >= 15 is 0 Å². The maximum atomic E-state index is 12.1. The predicted octanol–water partition coefficient (Wildman–Crippen LogP) is 2.08. The number of aromatic amines is 1. The van der Waals surface area contributed by atoms with Crippen molar-refractivity contribution in [2.75, 3.05) is 31.2 Å². The second-order valence-electron chi connectivity index (χ2n) is 6.44. The minimum atomic E-state index is -0.199. The maximum Gasteiger partial charge on any atom is 0.252 e. The number of anilines is 1. The summed E-state index contributed by atoms with van der Waals surface area (Å²) in [5.41, 5.74) is 4.28. The van der Waals surface area contributed by atoms with Crippen LogP contribution in [0.25, 0.3) is 17.2 Å². The van der Waals surface area contributed by atoms with E-state index in [-0.39, 0.29) is 5.56 Å². The Morgan fingerprint density at radius 3 is 2.46 bits per heavy atom. The third kappa shape index (κ3) is 3.25. The van der Waals surface area contributed by atoms with Gasteiger partial charge in [-0.1, -0.05) is 12.1 Å². The Morgan fingerprint density at radius 1 is 1.08 bits per heavy atom. The molecule has 0 bridgehead atoms. The van der Waals surface area contributed by atoms with Crippen LogP contribution in [0.1, 0.15) is 11.4 Å². The van der Waals surface area contributed by atoms with Crippen LogP contribution in [0.15, 0.2) is 41.2 Å². The van der Waals surface area contributed by atoms with E-state index in [4.69, 9.17) is 4.74 Å². The number of ether oxygens (including phenoxy) is 1. The third-order valence-corrected chi connectivity index (χ3v) is 4.48. The first-order chi connectivity index (χ1) is 12.6. The second-order valence-corrected chi connectivity index (χ2v) is 6.44. The first-order valence-electron chi connectivity index (χ1n) is 8.68. The number of nitrogens with one attached hydrogen (secondary N) is 1. The molecule has 7 heteroatoms. The van der Waals surface area contributed by atoms with Gasteiger partial charge >= 0.3 is 0 Å². The Morgan fingerprint density at radius 2 is 1.81 bits per heavy atom. The van der Waals surface area contributed by atoms with E-state index in [0.717, 1.165) is 48.9 Å². The van der Waals surface area contributed by atoms with Crippen molar-refractivity contribution in [3.05, 3.63) is 58.1 Å². The van der Waals surface area contributed by atoms with Gasteiger partial charge in [-0.25, -0.2) is 9.67 Å². The van der Waals surface area contributed by atoms with Crippen molar-refractivity contribution in [2.45, 2.75) is 13.8 Å². The van der Waals surface area contributed by atoms with Crippen molar-refractivity contribution in [1.29, 1.82) is 0 Å². The predicted molar refractivity (Wildman–Crippen MR) is 99.9 cm³/mol. The molecule has 0 atom stereocenters. The number of hydrogen-bond acceptors (Lipinski definition) is 5. The largest absolute Gasteiger partial charge is 0.378 e. The van der Waals surface area contributed by atoms with Gasteiger partial charge in [0.25, 0.3) is 5.56 Å². The van der Waals surface area contributed by atoms with Crippen LogP contribution in [0.5, 0.6) is 0 Å². The SMILES string of the molecule is Cc1cc(C)n(-c2nc(-c3ccc(N4CCOCC4)cc3)cc(=O)[nH]2)n1. The Labute approximate surface area is 151 Å². The molecule has 1 saturated heterocycles. The van der Waals surface area contributed by atoms with Gasteiger partial charge in [0.1, 0.15) is 0 Å². The molecule has 1 aliphatic heterocycles. The lowest BCUT2D eigenvalue weighted by Crippen LogP contribution is -2.36. The van der Waals surface area contributed by atoms with Crippen LogP contribution in [0, 0.1) is 13.8 Å². The molecular formula is C19H21N5O2. The van der Waals surface area contributed by atoms with Gasteiger partial charge in [0, 0.05) is 36.1 Å². The van der Waals surface area contributed by atoms with Crippen LogP contribution in [0.3, 0.4) is 0 Å². The van der Waals surface area contributed by atoms with Crippen LogP contribution in [0.4, 0.5) is 5.69 Å². The Hall–Kier alpha value is -2.93. The molecule has 26 heavy (non-hydrogen) atoms. The van der Waals surface area contributed by atoms with Crippen LogP contribution in [-0.4, -0.2) is 46.1 Å². The standard InChI is InChI=1S/C19H21N5O2/c1-13-11-14(2)24(22-13)19-20-17(12-18(25)21-19)15-3-5-16(6-4-15)23-7-9-26-10-8-23/h3-6,11-12H,7-10H2,1-2H3,(H,20,21,25). The van der Waals surface area contributed by atoms with E-state index in [1.807, 2.05) is 32.0 Å². The van der Waals surface area contributed by atoms with Crippen LogP contribution in [-0.2, 0) is 4.74 Å². The summed E-state index contributed by atoms with van der Waals surface area (Å²) >= 11 is 0. The summed E-state index contributed by atoms with van der Waals surface area (Å²) in [5.74, 6) is 0.426. The molecule has 0 unspecified atom stereocenters. The van der Waals surface area contributed by atoms with Gasteiger partial charge in [0.05, 0.1) is 24.6 Å². The highest BCUT2D eigenvalue weighted by Crippen LogP contribution is 2.22. The summed E-state index contributed by atoms with van der Waals surface area (Å²) in [5, 5.41) is 4.40. The average molecular weight is 351 g/mol. The molecule has 1 fully saturated rings. The van der Waals surface area contributed by atoms with Crippen molar-refractivity contribution >= 4 is 5.69 Å². The number of benzene rings is 1. The molecule has 7 nitrogen and oxygen atoms in total. The fraction of sp³-hybridized carbons (Fsp3) is 0.316. The molecule has 0 aliphatic carbocycles. The second kappa shape index (κ2) is 6.76. The lowest BCUT2D eigenvalue weighted by atomic mass is 10.1. The summed E-state index contributed by atoms with van der Waals surface area (Å²) in [6, 6.07) is 11.6. The highest BCUT2D eigenvalue weighted by Gasteiger charge is 2.12. The molecule has 3 aromatic rings. The van der Waals surface area contributed by atoms with Gasteiger partial charge in [-0.05, 0) is 32.0 Å². The number of aryl methyl sites for hydroxylation is 2. The van der Waals surface area contributed by atoms with Gasteiger partial charge in [0.2, 0.25) is 5.95 Å². The number of nitrogens with zero attached hydrogens (tertiary/aromatic N) is 4. The number of morpholine rings is 1. The minimum absolute atomic E-state index is 0.199. The van der Waals surface area contributed by atoms with Gasteiger partial charge < -0.3 is 9.64 Å². The molecule has 134 valence electrons. The van der Waals surface area contributed by atoms with Gasteiger partial charge in [-0.3, -0.25) is 9.78 Å². The van der Waals surface area contributed by atoms with E-state index in [2.05, 4.69) is 32.1 Å². The van der Waals surface area contributed by atoms with E-state index < -0.39 is 0 Å². The topological polar surface area (TPSA) is 76.0 Å². The monoisotopic (exact) mass is 351 g/mol. The normalized spacial score (nSPS) is 14.6. The first kappa shape index (κ1) is 16.5. The highest BCUT2D eigenvalue weighted by atomic mass is 16.5. The van der Waals surface area contributed by atoms with Crippen LogP contribution < -0.4 is 10.5 Å². The number of rotatable bonds is 3. The molecule has 0 spiro atoms. The zero-order chi connectivity index (χ0) is 18.1. The first-order valence-corrected chi connectivity index (χ1v) is 8.68. The molecule has 1 aromatic carbocycles. The molecule has 0 amide bonds. The molecule has 2 aromatic heterocycles. The molecule has 0 saturated carbocycles. The smallest absolute Gasteiger partial charge is 0.252 e. The quantitative estimate of drug-likeness (QED) is 0.782. The fourth-order valence-electron chi connectivity index (χ4n) is 3.20. The van der Waals surface area contributed by atoms with Crippen molar-refractivity contribution in [3.63, 3.8) is 0 Å². The number of H-pyrrole nitrogens is 1. The van der Waals surface area contributed by atoms with Crippen molar-refractivity contribution in [1.82, 2.24) is 19.7 Å². The van der Waals surface area contributed by atoms with Gasteiger partial charge in [0.15, 0.2) is 0 Å². The summed E-state index contributed by atoms with van der Waals surface area (Å²) in [4.78, 5) is 21.8. The fourth-order valence-corrected chi connectivity index (χ4v) is 3.20. The summed E-state index contributed by atoms with van der Waals surface area (Å²) in [6.45, 7) is 7.14. The highest BCUT2D eigenvalue weighted by molar-refractivity contribution is 5.63. The molecule has 4 rings (SSSR count). The van der Waals surface area contributed by atoms with E-state index in [1.165, 1.54) is 6.07 Å². The van der Waals surface area contributed by atoms with Gasteiger partial charge in [-0.15, -0.1) is 0 Å². The molecule has 0 radical (unpaired) electrons. The zero-order valence-corrected chi connectivity index (χ0v) is 14.9. The van der Waals surface area contributed by atoms with Gasteiger partial charge in [-0.2, -0.15) is 5.10 Å². The van der Waals surface area contributed by atoms with Crippen LogP contribution >= 0.6 is 0 Å². The molecule has 1 N–H and O–H groups in total. The van der Waals surface area contributed by atoms with E-state index in [9.17, 15) is 4.79 Å². The number of aromatic nitrogens is 4. The average Bonchev–Trinajstić information content (AvgIpc) is 3.00.